The molecule has 0 atom stereocenters. The molecule has 0 aliphatic heterocycles. The van der Waals surface area contributed by atoms with Crippen molar-refractivity contribution in [3.05, 3.63) is 46.6 Å². The maximum absolute atomic E-state index is 6.01. The number of rotatable bonds is 8. The summed E-state index contributed by atoms with van der Waals surface area (Å²) in [5.41, 5.74) is 4.95. The first-order valence-electron chi connectivity index (χ1n) is 9.62. The van der Waals surface area contributed by atoms with Crippen molar-refractivity contribution < 1.29 is 0 Å². The second-order valence-corrected chi connectivity index (χ2v) is 7.22. The Balaban J connectivity index is 1.85. The summed E-state index contributed by atoms with van der Waals surface area (Å²) in [7, 11) is 0. The van der Waals surface area contributed by atoms with E-state index in [1.165, 1.54) is 0 Å². The highest BCUT2D eigenvalue weighted by Crippen LogP contribution is 2.25. The number of anilines is 1. The van der Waals surface area contributed by atoms with Gasteiger partial charge in [0.05, 0.1) is 5.69 Å². The van der Waals surface area contributed by atoms with Gasteiger partial charge in [-0.3, -0.25) is 0 Å². The van der Waals surface area contributed by atoms with Crippen LogP contribution in [0.3, 0.4) is 0 Å². The number of nitrogens with zero attached hydrogens (tertiary/aromatic N) is 4. The molecule has 0 amide bonds. The lowest BCUT2D eigenvalue weighted by molar-refractivity contribution is 0.303. The molecule has 3 rings (SSSR count). The van der Waals surface area contributed by atoms with E-state index in [0.29, 0.717) is 0 Å². The fourth-order valence-electron chi connectivity index (χ4n) is 3.22. The molecule has 144 valence electrons. The molecule has 0 saturated heterocycles. The maximum Gasteiger partial charge on any atom is 0.158 e. The zero-order valence-corrected chi connectivity index (χ0v) is 17.3. The molecule has 0 aliphatic carbocycles. The largest absolute Gasteiger partial charge is 0.370 e. The average molecular weight is 386 g/mol. The van der Waals surface area contributed by atoms with E-state index >= 15 is 0 Å². The molecular formula is C21H28ClN5. The van der Waals surface area contributed by atoms with Crippen LogP contribution in [-0.2, 0) is 0 Å². The van der Waals surface area contributed by atoms with E-state index in [4.69, 9.17) is 21.7 Å². The van der Waals surface area contributed by atoms with E-state index in [1.54, 1.807) is 0 Å². The van der Waals surface area contributed by atoms with E-state index in [-0.39, 0.29) is 0 Å². The van der Waals surface area contributed by atoms with Crippen LogP contribution in [-0.4, -0.2) is 45.7 Å². The highest BCUT2D eigenvalue weighted by molar-refractivity contribution is 6.30. The van der Waals surface area contributed by atoms with Gasteiger partial charge in [0, 0.05) is 34.5 Å². The number of fused-ring (bicyclic) bond motifs is 1. The van der Waals surface area contributed by atoms with Crippen molar-refractivity contribution in [2.75, 3.05) is 31.5 Å². The van der Waals surface area contributed by atoms with E-state index < -0.39 is 0 Å². The van der Waals surface area contributed by atoms with Gasteiger partial charge in [0.1, 0.15) is 5.82 Å². The normalized spacial score (nSPS) is 11.5. The molecule has 0 saturated carbocycles. The van der Waals surface area contributed by atoms with Gasteiger partial charge in [-0.25, -0.2) is 4.98 Å². The van der Waals surface area contributed by atoms with E-state index in [0.717, 1.165) is 71.6 Å². The Morgan fingerprint density at radius 1 is 1.11 bits per heavy atom. The van der Waals surface area contributed by atoms with Gasteiger partial charge < -0.3 is 10.2 Å². The van der Waals surface area contributed by atoms with Crippen molar-refractivity contribution in [1.82, 2.24) is 19.5 Å². The third kappa shape index (κ3) is 4.42. The van der Waals surface area contributed by atoms with Gasteiger partial charge in [-0.2, -0.15) is 9.61 Å². The summed E-state index contributed by atoms with van der Waals surface area (Å²) in [5, 5.41) is 9.11. The van der Waals surface area contributed by atoms with Crippen LogP contribution in [0.15, 0.2) is 30.3 Å². The first-order chi connectivity index (χ1) is 13.0. The fourth-order valence-corrected chi connectivity index (χ4v) is 3.35. The number of hydrogen-bond donors (Lipinski definition) is 1. The number of aromatic nitrogens is 3. The lowest BCUT2D eigenvalue weighted by atomic mass is 10.1. The van der Waals surface area contributed by atoms with Gasteiger partial charge in [0.2, 0.25) is 0 Å². The minimum atomic E-state index is 0.725. The molecule has 0 radical (unpaired) electrons. The third-order valence-corrected chi connectivity index (χ3v) is 5.31. The number of benzene rings is 1. The SMILES string of the molecule is CCN(CC)CCCNc1c(C)c(C)nc2cc(-c3ccc(Cl)cc3)nn12. The average Bonchev–Trinajstić information content (AvgIpc) is 3.08. The van der Waals surface area contributed by atoms with Crippen molar-refractivity contribution >= 4 is 23.1 Å². The van der Waals surface area contributed by atoms with E-state index in [1.807, 2.05) is 41.8 Å². The van der Waals surface area contributed by atoms with Crippen LogP contribution in [0.1, 0.15) is 31.5 Å². The molecule has 1 aromatic carbocycles. The van der Waals surface area contributed by atoms with Crippen molar-refractivity contribution in [2.45, 2.75) is 34.1 Å². The van der Waals surface area contributed by atoms with Gasteiger partial charge in [0.25, 0.3) is 0 Å². The summed E-state index contributed by atoms with van der Waals surface area (Å²) in [5.74, 6) is 1.03. The number of halogens is 1. The van der Waals surface area contributed by atoms with Crippen LogP contribution in [0.2, 0.25) is 5.02 Å². The van der Waals surface area contributed by atoms with Gasteiger partial charge in [0.15, 0.2) is 5.65 Å². The standard InChI is InChI=1S/C21H28ClN5/c1-5-26(6-2)13-7-12-23-21-15(3)16(4)24-20-14-19(25-27(20)21)17-8-10-18(22)11-9-17/h8-11,14,23H,5-7,12-13H2,1-4H3. The molecule has 27 heavy (non-hydrogen) atoms. The van der Waals surface area contributed by atoms with Crippen molar-refractivity contribution in [3.8, 4) is 11.3 Å². The van der Waals surface area contributed by atoms with Crippen LogP contribution in [0, 0.1) is 13.8 Å². The Labute approximate surface area is 166 Å². The zero-order chi connectivity index (χ0) is 19.4. The molecular weight excluding hydrogens is 358 g/mol. The molecule has 0 bridgehead atoms. The minimum Gasteiger partial charge on any atom is -0.370 e. The molecule has 3 aromatic rings. The Morgan fingerprint density at radius 3 is 2.48 bits per heavy atom. The maximum atomic E-state index is 6.01. The van der Waals surface area contributed by atoms with Crippen LogP contribution >= 0.6 is 11.6 Å². The lowest BCUT2D eigenvalue weighted by Crippen LogP contribution is -2.25. The summed E-state index contributed by atoms with van der Waals surface area (Å²) in [6.45, 7) is 12.8. The Kier molecular flexibility index (Phi) is 6.34. The van der Waals surface area contributed by atoms with Crippen molar-refractivity contribution in [2.24, 2.45) is 0 Å². The molecule has 2 heterocycles. The van der Waals surface area contributed by atoms with Crippen molar-refractivity contribution in [1.29, 1.82) is 0 Å². The molecule has 1 N–H and O–H groups in total. The van der Waals surface area contributed by atoms with Gasteiger partial charge in [-0.1, -0.05) is 37.6 Å². The van der Waals surface area contributed by atoms with E-state index in [2.05, 4.69) is 31.0 Å². The second kappa shape index (κ2) is 8.72. The highest BCUT2D eigenvalue weighted by Gasteiger charge is 2.13. The van der Waals surface area contributed by atoms with Gasteiger partial charge in [-0.15, -0.1) is 0 Å². The molecule has 0 unspecified atom stereocenters. The predicted molar refractivity (Wildman–Crippen MR) is 114 cm³/mol. The number of nitrogens with one attached hydrogen (secondary N) is 1. The fraction of sp³-hybridized carbons (Fsp3) is 0.429. The lowest BCUT2D eigenvalue weighted by Gasteiger charge is -2.18. The predicted octanol–water partition coefficient (Wildman–Crippen LogP) is 4.81. The Hall–Kier alpha value is -2.11. The van der Waals surface area contributed by atoms with Gasteiger partial charge in [-0.05, 0) is 52.0 Å². The van der Waals surface area contributed by atoms with E-state index in [9.17, 15) is 0 Å². The number of aryl methyl sites for hydroxylation is 1. The highest BCUT2D eigenvalue weighted by atomic mass is 35.5. The van der Waals surface area contributed by atoms with Crippen LogP contribution in [0.4, 0.5) is 5.82 Å². The zero-order valence-electron chi connectivity index (χ0n) is 16.6. The first kappa shape index (κ1) is 19.6. The molecule has 0 spiro atoms. The minimum absolute atomic E-state index is 0.725. The Bertz CT molecular complexity index is 897. The molecule has 0 fully saturated rings. The van der Waals surface area contributed by atoms with Gasteiger partial charge >= 0.3 is 0 Å². The molecule has 0 aliphatic rings. The topological polar surface area (TPSA) is 45.5 Å². The van der Waals surface area contributed by atoms with Crippen LogP contribution < -0.4 is 5.32 Å². The smallest absolute Gasteiger partial charge is 0.158 e. The third-order valence-electron chi connectivity index (χ3n) is 5.06. The summed E-state index contributed by atoms with van der Waals surface area (Å²) in [6.07, 6.45) is 1.09. The molecule has 6 heteroatoms. The molecule has 5 nitrogen and oxygen atoms in total. The summed E-state index contributed by atoms with van der Waals surface area (Å²) >= 11 is 6.01. The first-order valence-corrected chi connectivity index (χ1v) is 10.0. The molecule has 2 aromatic heterocycles. The Morgan fingerprint density at radius 2 is 1.81 bits per heavy atom. The second-order valence-electron chi connectivity index (χ2n) is 6.78. The van der Waals surface area contributed by atoms with Crippen molar-refractivity contribution in [3.63, 3.8) is 0 Å². The summed E-state index contributed by atoms with van der Waals surface area (Å²) in [4.78, 5) is 7.15. The van der Waals surface area contributed by atoms with Crippen LogP contribution in [0.5, 0.6) is 0 Å². The quantitative estimate of drug-likeness (QED) is 0.565. The summed E-state index contributed by atoms with van der Waals surface area (Å²) < 4.78 is 1.92. The van der Waals surface area contributed by atoms with Crippen LogP contribution in [0.25, 0.3) is 16.9 Å². The monoisotopic (exact) mass is 385 g/mol. The number of hydrogen-bond acceptors (Lipinski definition) is 4. The summed E-state index contributed by atoms with van der Waals surface area (Å²) in [6, 6.07) is 9.77.